The number of hydrogen-bond acceptors (Lipinski definition) is 6. The first kappa shape index (κ1) is 21.7. The molecule has 0 spiro atoms. The van der Waals surface area contributed by atoms with Gasteiger partial charge < -0.3 is 10.2 Å². The van der Waals surface area contributed by atoms with Crippen LogP contribution in [0.15, 0.2) is 54.7 Å². The van der Waals surface area contributed by atoms with E-state index in [0.29, 0.717) is 13.0 Å². The molecule has 0 radical (unpaired) electrons. The Kier molecular flexibility index (Phi) is 5.67. The van der Waals surface area contributed by atoms with Crippen molar-refractivity contribution in [1.29, 1.82) is 0 Å². The fourth-order valence-electron chi connectivity index (χ4n) is 4.36. The number of nitrogens with zero attached hydrogens (tertiary/aromatic N) is 4. The quantitative estimate of drug-likeness (QED) is 0.590. The second-order valence-electron chi connectivity index (χ2n) is 8.40. The van der Waals surface area contributed by atoms with Crippen molar-refractivity contribution < 1.29 is 18.0 Å². The van der Waals surface area contributed by atoms with Crippen LogP contribution in [0.2, 0.25) is 0 Å². The lowest BCUT2D eigenvalue weighted by Crippen LogP contribution is -2.26. The van der Waals surface area contributed by atoms with Crippen molar-refractivity contribution in [3.63, 3.8) is 0 Å². The number of benzene rings is 2. The van der Waals surface area contributed by atoms with E-state index in [1.54, 1.807) is 0 Å². The molecule has 2 aromatic carbocycles. The summed E-state index contributed by atoms with van der Waals surface area (Å²) >= 11 is 0. The summed E-state index contributed by atoms with van der Waals surface area (Å²) in [5.74, 6) is -0.200. The zero-order valence-corrected chi connectivity index (χ0v) is 18.1. The molecule has 1 N–H and O–H groups in total. The van der Waals surface area contributed by atoms with Gasteiger partial charge in [0.15, 0.2) is 5.82 Å². The minimum atomic E-state index is -4.61. The highest BCUT2D eigenvalue weighted by Gasteiger charge is 2.40. The first-order valence-electron chi connectivity index (χ1n) is 10.9. The lowest BCUT2D eigenvalue weighted by atomic mass is 9.99. The molecule has 0 saturated carbocycles. The van der Waals surface area contributed by atoms with Crippen LogP contribution in [0.4, 0.5) is 30.6 Å². The smallest absolute Gasteiger partial charge is 0.324 e. The van der Waals surface area contributed by atoms with Crippen LogP contribution in [0.1, 0.15) is 34.7 Å². The Labute approximate surface area is 190 Å². The molecule has 9 heteroatoms. The van der Waals surface area contributed by atoms with Crippen LogP contribution in [0, 0.1) is 0 Å². The molecule has 3 aromatic rings. The molecule has 1 saturated heterocycles. The van der Waals surface area contributed by atoms with Crippen molar-refractivity contribution in [1.82, 2.24) is 14.9 Å². The highest BCUT2D eigenvalue weighted by atomic mass is 19.4. The Balaban J connectivity index is 1.48. The number of likely N-dealkylation sites (N-methyl/N-ethyl adjacent to an activating group) is 1. The van der Waals surface area contributed by atoms with Gasteiger partial charge in [0.25, 0.3) is 0 Å². The van der Waals surface area contributed by atoms with E-state index in [4.69, 9.17) is 4.84 Å². The molecule has 1 aromatic heterocycles. The zero-order valence-electron chi connectivity index (χ0n) is 18.1. The number of alkyl halides is 3. The number of anilines is 3. The van der Waals surface area contributed by atoms with Crippen molar-refractivity contribution in [2.45, 2.75) is 31.6 Å². The number of hydrogen-bond donors (Lipinski definition) is 1. The summed E-state index contributed by atoms with van der Waals surface area (Å²) < 4.78 is 41.5. The van der Waals surface area contributed by atoms with Gasteiger partial charge in [-0.25, -0.2) is 10.0 Å². The summed E-state index contributed by atoms with van der Waals surface area (Å²) in [5, 5.41) is 4.35. The largest absolute Gasteiger partial charge is 0.421 e. The van der Waals surface area contributed by atoms with Gasteiger partial charge in [-0.1, -0.05) is 36.4 Å². The number of rotatable bonds is 4. The van der Waals surface area contributed by atoms with Gasteiger partial charge in [-0.05, 0) is 42.3 Å². The van der Waals surface area contributed by atoms with Crippen LogP contribution in [0.5, 0.6) is 0 Å². The lowest BCUT2D eigenvalue weighted by molar-refractivity contribution is -0.138. The van der Waals surface area contributed by atoms with E-state index in [9.17, 15) is 13.2 Å². The van der Waals surface area contributed by atoms with Crippen molar-refractivity contribution >= 4 is 17.5 Å². The van der Waals surface area contributed by atoms with Gasteiger partial charge in [-0.15, -0.1) is 0 Å². The summed E-state index contributed by atoms with van der Waals surface area (Å²) in [7, 11) is 2.06. The molecule has 2 aliphatic heterocycles. The summed E-state index contributed by atoms with van der Waals surface area (Å²) in [6, 6.07) is 14.9. The van der Waals surface area contributed by atoms with Gasteiger partial charge in [-0.2, -0.15) is 18.2 Å². The average molecular weight is 455 g/mol. The maximum absolute atomic E-state index is 13.8. The Hall–Kier alpha value is -3.17. The predicted molar refractivity (Wildman–Crippen MR) is 119 cm³/mol. The molecule has 2 aliphatic rings. The van der Waals surface area contributed by atoms with Gasteiger partial charge in [0, 0.05) is 31.4 Å². The summed E-state index contributed by atoms with van der Waals surface area (Å²) in [4.78, 5) is 16.1. The molecule has 33 heavy (non-hydrogen) atoms. The van der Waals surface area contributed by atoms with Crippen molar-refractivity contribution in [2.75, 3.05) is 30.6 Å². The van der Waals surface area contributed by atoms with E-state index >= 15 is 0 Å². The second kappa shape index (κ2) is 8.64. The molecule has 0 bridgehead atoms. The lowest BCUT2D eigenvalue weighted by Gasteiger charge is -2.27. The summed E-state index contributed by atoms with van der Waals surface area (Å²) in [6.45, 7) is 2.13. The molecule has 1 unspecified atom stereocenters. The number of aromatic nitrogens is 2. The monoisotopic (exact) mass is 455 g/mol. The van der Waals surface area contributed by atoms with Crippen molar-refractivity contribution in [2.24, 2.45) is 0 Å². The Morgan fingerprint density at radius 1 is 1.09 bits per heavy atom. The molecule has 1 fully saturated rings. The molecule has 1 atom stereocenters. The van der Waals surface area contributed by atoms with E-state index in [0.717, 1.165) is 37.0 Å². The topological polar surface area (TPSA) is 53.5 Å². The number of halogens is 3. The van der Waals surface area contributed by atoms with Crippen LogP contribution in [0.25, 0.3) is 0 Å². The van der Waals surface area contributed by atoms with Crippen LogP contribution in [-0.4, -0.2) is 35.1 Å². The fourth-order valence-corrected chi connectivity index (χ4v) is 4.36. The maximum atomic E-state index is 13.8. The Bertz CT molecular complexity index is 1140. The van der Waals surface area contributed by atoms with Gasteiger partial charge in [0.1, 0.15) is 5.56 Å². The van der Waals surface area contributed by atoms with Gasteiger partial charge in [0.2, 0.25) is 5.95 Å². The average Bonchev–Trinajstić information content (AvgIpc) is 3.28. The number of fused-ring (bicyclic) bond motifs is 1. The molecule has 172 valence electrons. The molecule has 5 rings (SSSR count). The molecule has 0 aliphatic carbocycles. The highest BCUT2D eigenvalue weighted by molar-refractivity contribution is 5.59. The molecule has 0 amide bonds. The summed E-state index contributed by atoms with van der Waals surface area (Å²) in [5.41, 5.74) is 3.14. The maximum Gasteiger partial charge on any atom is 0.421 e. The van der Waals surface area contributed by atoms with Crippen molar-refractivity contribution in [3.8, 4) is 0 Å². The number of nitrogens with one attached hydrogen (secondary N) is 1. The molecular formula is C24H24F3N5O. The third kappa shape index (κ3) is 4.51. The molecule has 6 nitrogen and oxygen atoms in total. The summed E-state index contributed by atoms with van der Waals surface area (Å²) in [6.07, 6.45) is -2.26. The Morgan fingerprint density at radius 3 is 2.70 bits per heavy atom. The van der Waals surface area contributed by atoms with E-state index in [1.165, 1.54) is 16.2 Å². The van der Waals surface area contributed by atoms with Crippen LogP contribution >= 0.6 is 0 Å². The molecular weight excluding hydrogens is 431 g/mol. The van der Waals surface area contributed by atoms with Gasteiger partial charge in [-0.3, -0.25) is 4.84 Å². The standard InChI is InChI=1S/C24H24F3N5O/c1-31-11-9-16-7-8-19(13-18(16)15-31)29-23-28-14-20(24(25,26)27)22(30-23)32-21(10-12-33-32)17-5-3-2-4-6-17/h2-8,13-14,21H,9-12,15H2,1H3,(H,28,29,30). The van der Waals surface area contributed by atoms with Crippen molar-refractivity contribution in [3.05, 3.63) is 77.0 Å². The van der Waals surface area contributed by atoms with E-state index in [1.807, 2.05) is 48.5 Å². The Morgan fingerprint density at radius 2 is 1.91 bits per heavy atom. The third-order valence-electron chi connectivity index (χ3n) is 6.04. The minimum Gasteiger partial charge on any atom is -0.324 e. The highest BCUT2D eigenvalue weighted by Crippen LogP contribution is 2.41. The minimum absolute atomic E-state index is 0.0874. The third-order valence-corrected chi connectivity index (χ3v) is 6.04. The van der Waals surface area contributed by atoms with Gasteiger partial charge in [0.05, 0.1) is 12.6 Å². The van der Waals surface area contributed by atoms with E-state index in [-0.39, 0.29) is 17.8 Å². The predicted octanol–water partition coefficient (Wildman–Crippen LogP) is 5.11. The number of hydroxylamine groups is 1. The molecule has 3 heterocycles. The normalized spacial score (nSPS) is 18.9. The van der Waals surface area contributed by atoms with Crippen LogP contribution in [-0.2, 0) is 24.0 Å². The van der Waals surface area contributed by atoms with Crippen LogP contribution < -0.4 is 10.4 Å². The first-order chi connectivity index (χ1) is 15.9. The van der Waals surface area contributed by atoms with E-state index in [2.05, 4.69) is 27.2 Å². The van der Waals surface area contributed by atoms with E-state index < -0.39 is 11.7 Å². The zero-order chi connectivity index (χ0) is 23.0. The second-order valence-corrected chi connectivity index (χ2v) is 8.40. The SMILES string of the molecule is CN1CCc2ccc(Nc3ncc(C(F)(F)F)c(N4OCCC4c4ccccc4)n3)cc2C1. The van der Waals surface area contributed by atoms with Crippen LogP contribution in [0.3, 0.4) is 0 Å². The fraction of sp³-hybridized carbons (Fsp3) is 0.333. The van der Waals surface area contributed by atoms with Gasteiger partial charge >= 0.3 is 6.18 Å². The first-order valence-corrected chi connectivity index (χ1v) is 10.9.